The summed E-state index contributed by atoms with van der Waals surface area (Å²) in [5, 5.41) is 8.46. The number of thioether (sulfide) groups is 1. The number of nitrogens with two attached hydrogens (primary N) is 1. The minimum Gasteiger partial charge on any atom is -0.480 e. The van der Waals surface area contributed by atoms with Gasteiger partial charge in [-0.15, -0.1) is 0 Å². The van der Waals surface area contributed by atoms with Crippen LogP contribution in [-0.2, 0) is 10.5 Å². The Morgan fingerprint density at radius 2 is 1.47 bits per heavy atom. The Labute approximate surface area is 108 Å². The third kappa shape index (κ3) is 3.35. The molecule has 3 N–H and O–H groups in total. The molecule has 1 aromatic carbocycles. The highest BCUT2D eigenvalue weighted by Crippen LogP contribution is 2.26. The van der Waals surface area contributed by atoms with E-state index in [-0.39, 0.29) is 5.75 Å². The van der Waals surface area contributed by atoms with E-state index in [0.717, 1.165) is 0 Å². The molecule has 9 heteroatoms. The summed E-state index contributed by atoms with van der Waals surface area (Å²) in [7, 11) is 0. The van der Waals surface area contributed by atoms with Crippen molar-refractivity contribution in [3.05, 3.63) is 34.6 Å². The van der Waals surface area contributed by atoms with E-state index in [1.54, 1.807) is 0 Å². The van der Waals surface area contributed by atoms with E-state index in [9.17, 15) is 26.7 Å². The van der Waals surface area contributed by atoms with Crippen LogP contribution in [-0.4, -0.2) is 22.9 Å². The zero-order valence-corrected chi connectivity index (χ0v) is 10.0. The standard InChI is InChI=1S/C10H8F5NO2S/c11-5-3(1-19-2-4(16)10(17)18)6(12)8(14)9(15)7(5)13/h4H,1-2,16H2,(H,17,18). The number of carboxylic acids is 1. The van der Waals surface area contributed by atoms with Gasteiger partial charge in [0, 0.05) is 17.1 Å². The molecule has 0 aliphatic heterocycles. The van der Waals surface area contributed by atoms with Gasteiger partial charge in [0.1, 0.15) is 6.04 Å². The van der Waals surface area contributed by atoms with E-state index in [0.29, 0.717) is 11.8 Å². The fraction of sp³-hybridized carbons (Fsp3) is 0.300. The van der Waals surface area contributed by atoms with E-state index < -0.39 is 52.4 Å². The van der Waals surface area contributed by atoms with Gasteiger partial charge in [0.2, 0.25) is 5.82 Å². The second-order valence-electron chi connectivity index (χ2n) is 3.51. The highest BCUT2D eigenvalue weighted by Gasteiger charge is 2.25. The molecule has 1 atom stereocenters. The Morgan fingerprint density at radius 3 is 1.89 bits per heavy atom. The van der Waals surface area contributed by atoms with Crippen LogP contribution in [0.5, 0.6) is 0 Å². The van der Waals surface area contributed by atoms with Crippen molar-refractivity contribution in [1.29, 1.82) is 0 Å². The molecule has 1 rings (SSSR count). The molecule has 19 heavy (non-hydrogen) atoms. The number of rotatable bonds is 5. The van der Waals surface area contributed by atoms with Crippen LogP contribution in [0, 0.1) is 29.1 Å². The molecule has 0 radical (unpaired) electrons. The molecule has 0 aliphatic rings. The summed E-state index contributed by atoms with van der Waals surface area (Å²) in [5.74, 6) is -12.3. The quantitative estimate of drug-likeness (QED) is 0.496. The van der Waals surface area contributed by atoms with Crippen LogP contribution in [0.25, 0.3) is 0 Å². The Bertz CT molecular complexity index is 482. The average Bonchev–Trinajstić information content (AvgIpc) is 2.37. The van der Waals surface area contributed by atoms with E-state index in [4.69, 9.17) is 10.8 Å². The first-order valence-corrected chi connectivity index (χ1v) is 5.99. The molecular weight excluding hydrogens is 293 g/mol. The predicted octanol–water partition coefficient (Wildman–Crippen LogP) is 2.03. The van der Waals surface area contributed by atoms with Crippen LogP contribution in [0.4, 0.5) is 22.0 Å². The molecule has 0 spiro atoms. The monoisotopic (exact) mass is 301 g/mol. The van der Waals surface area contributed by atoms with Gasteiger partial charge in [-0.25, -0.2) is 22.0 Å². The van der Waals surface area contributed by atoms with E-state index >= 15 is 0 Å². The van der Waals surface area contributed by atoms with Gasteiger partial charge >= 0.3 is 5.97 Å². The molecule has 0 aliphatic carbocycles. The summed E-state index contributed by atoms with van der Waals surface area (Å²) in [6.45, 7) is 0. The normalized spacial score (nSPS) is 12.5. The molecule has 1 aromatic rings. The van der Waals surface area contributed by atoms with Gasteiger partial charge in [-0.2, -0.15) is 11.8 Å². The number of halogens is 5. The van der Waals surface area contributed by atoms with Gasteiger partial charge in [-0.05, 0) is 0 Å². The molecule has 0 fully saturated rings. The van der Waals surface area contributed by atoms with Crippen molar-refractivity contribution in [2.75, 3.05) is 5.75 Å². The first kappa shape index (κ1) is 15.7. The highest BCUT2D eigenvalue weighted by atomic mass is 32.2. The third-order valence-corrected chi connectivity index (χ3v) is 3.25. The van der Waals surface area contributed by atoms with Crippen molar-refractivity contribution < 1.29 is 31.9 Å². The summed E-state index contributed by atoms with van der Waals surface area (Å²) in [5.41, 5.74) is 4.12. The summed E-state index contributed by atoms with van der Waals surface area (Å²) in [6.07, 6.45) is 0. The number of hydrogen-bond donors (Lipinski definition) is 2. The number of carbonyl (C=O) groups is 1. The number of hydrogen-bond acceptors (Lipinski definition) is 3. The lowest BCUT2D eigenvalue weighted by Gasteiger charge is -2.09. The largest absolute Gasteiger partial charge is 0.480 e. The van der Waals surface area contributed by atoms with Crippen LogP contribution in [0.15, 0.2) is 0 Å². The lowest BCUT2D eigenvalue weighted by molar-refractivity contribution is -0.137. The maximum atomic E-state index is 13.2. The Morgan fingerprint density at radius 1 is 1.05 bits per heavy atom. The Balaban J connectivity index is 2.88. The molecule has 0 saturated heterocycles. The average molecular weight is 301 g/mol. The summed E-state index contributed by atoms with van der Waals surface area (Å²) in [4.78, 5) is 10.4. The van der Waals surface area contributed by atoms with Gasteiger partial charge < -0.3 is 10.8 Å². The number of aliphatic carboxylic acids is 1. The molecule has 1 unspecified atom stereocenters. The van der Waals surface area contributed by atoms with E-state index in [2.05, 4.69) is 0 Å². The predicted molar refractivity (Wildman–Crippen MR) is 58.0 cm³/mol. The maximum absolute atomic E-state index is 13.2. The molecule has 106 valence electrons. The smallest absolute Gasteiger partial charge is 0.321 e. The van der Waals surface area contributed by atoms with Crippen molar-refractivity contribution >= 4 is 17.7 Å². The van der Waals surface area contributed by atoms with Crippen molar-refractivity contribution in [3.63, 3.8) is 0 Å². The van der Waals surface area contributed by atoms with E-state index in [1.165, 1.54) is 0 Å². The Kier molecular flexibility index (Phi) is 5.12. The fourth-order valence-electron chi connectivity index (χ4n) is 1.14. The summed E-state index contributed by atoms with van der Waals surface area (Å²) < 4.78 is 64.8. The topological polar surface area (TPSA) is 63.3 Å². The third-order valence-electron chi connectivity index (χ3n) is 2.16. The van der Waals surface area contributed by atoms with Gasteiger partial charge in [0.25, 0.3) is 0 Å². The lowest BCUT2D eigenvalue weighted by Crippen LogP contribution is -2.32. The molecule has 0 aromatic heterocycles. The Hall–Kier alpha value is -1.35. The highest BCUT2D eigenvalue weighted by molar-refractivity contribution is 7.98. The molecule has 0 bridgehead atoms. The molecule has 3 nitrogen and oxygen atoms in total. The van der Waals surface area contributed by atoms with Crippen LogP contribution in [0.2, 0.25) is 0 Å². The van der Waals surface area contributed by atoms with Crippen LogP contribution in [0.1, 0.15) is 5.56 Å². The first-order chi connectivity index (χ1) is 8.77. The zero-order chi connectivity index (χ0) is 14.7. The molecular formula is C10H8F5NO2S. The lowest BCUT2D eigenvalue weighted by atomic mass is 10.2. The zero-order valence-electron chi connectivity index (χ0n) is 9.22. The van der Waals surface area contributed by atoms with Crippen molar-refractivity contribution in [2.24, 2.45) is 5.73 Å². The second kappa shape index (κ2) is 6.20. The molecule has 0 saturated carbocycles. The van der Waals surface area contributed by atoms with Crippen molar-refractivity contribution in [1.82, 2.24) is 0 Å². The molecule has 0 amide bonds. The fourth-order valence-corrected chi connectivity index (χ4v) is 2.11. The van der Waals surface area contributed by atoms with Crippen LogP contribution >= 0.6 is 11.8 Å². The van der Waals surface area contributed by atoms with Gasteiger partial charge in [-0.3, -0.25) is 4.79 Å². The minimum atomic E-state index is -2.23. The minimum absolute atomic E-state index is 0.227. The summed E-state index contributed by atoms with van der Waals surface area (Å²) in [6, 6.07) is -1.29. The van der Waals surface area contributed by atoms with Crippen molar-refractivity contribution in [2.45, 2.75) is 11.8 Å². The van der Waals surface area contributed by atoms with Gasteiger partial charge in [0.15, 0.2) is 23.3 Å². The van der Waals surface area contributed by atoms with Crippen molar-refractivity contribution in [3.8, 4) is 0 Å². The van der Waals surface area contributed by atoms with Gasteiger partial charge in [0.05, 0.1) is 0 Å². The van der Waals surface area contributed by atoms with E-state index in [1.807, 2.05) is 0 Å². The SMILES string of the molecule is NC(CSCc1c(F)c(F)c(F)c(F)c1F)C(=O)O. The van der Waals surface area contributed by atoms with Crippen LogP contribution in [0.3, 0.4) is 0 Å². The summed E-state index contributed by atoms with van der Waals surface area (Å²) >= 11 is 0.653. The first-order valence-electron chi connectivity index (χ1n) is 4.83. The van der Waals surface area contributed by atoms with Gasteiger partial charge in [-0.1, -0.05) is 0 Å². The number of benzene rings is 1. The molecule has 0 heterocycles. The maximum Gasteiger partial charge on any atom is 0.321 e. The second-order valence-corrected chi connectivity index (χ2v) is 4.54. The van der Waals surface area contributed by atoms with Crippen LogP contribution < -0.4 is 5.73 Å². The number of carboxylic acid groups (broad SMARTS) is 1.